The molecule has 0 atom stereocenters. The van der Waals surface area contributed by atoms with Crippen LogP contribution in [0.5, 0.6) is 11.5 Å². The maximum absolute atomic E-state index is 12.0. The van der Waals surface area contributed by atoms with Gasteiger partial charge in [0.2, 0.25) is 5.91 Å². The first-order chi connectivity index (χ1) is 12.1. The van der Waals surface area contributed by atoms with Crippen LogP contribution in [0.15, 0.2) is 24.3 Å². The van der Waals surface area contributed by atoms with Gasteiger partial charge in [-0.05, 0) is 37.2 Å². The van der Waals surface area contributed by atoms with Gasteiger partial charge in [0.25, 0.3) is 5.91 Å². The molecule has 136 valence electrons. The minimum absolute atomic E-state index is 0.00799. The highest BCUT2D eigenvalue weighted by molar-refractivity contribution is 7.80. The summed E-state index contributed by atoms with van der Waals surface area (Å²) < 4.78 is 10.5. The van der Waals surface area contributed by atoms with Gasteiger partial charge in [-0.25, -0.2) is 0 Å². The lowest BCUT2D eigenvalue weighted by molar-refractivity contribution is -0.126. The highest BCUT2D eigenvalue weighted by Crippen LogP contribution is 2.25. The number of carbonyl (C=O) groups is 2. The van der Waals surface area contributed by atoms with E-state index in [0.29, 0.717) is 11.5 Å². The monoisotopic (exact) mass is 365 g/mol. The third-order valence-electron chi connectivity index (χ3n) is 3.96. The van der Waals surface area contributed by atoms with Crippen LogP contribution < -0.4 is 25.6 Å². The van der Waals surface area contributed by atoms with Gasteiger partial charge in [-0.15, -0.1) is 0 Å². The number of methoxy groups -OCH3 is 1. The van der Waals surface area contributed by atoms with Gasteiger partial charge in [0.05, 0.1) is 7.11 Å². The van der Waals surface area contributed by atoms with Crippen LogP contribution in [0.4, 0.5) is 0 Å². The average Bonchev–Trinajstić information content (AvgIpc) is 2.65. The predicted octanol–water partition coefficient (Wildman–Crippen LogP) is 1.68. The summed E-state index contributed by atoms with van der Waals surface area (Å²) in [5.74, 6) is 0.478. The number of ether oxygens (including phenoxy) is 2. The first-order valence-corrected chi connectivity index (χ1v) is 8.66. The molecule has 0 radical (unpaired) electrons. The van der Waals surface area contributed by atoms with Gasteiger partial charge >= 0.3 is 0 Å². The topological polar surface area (TPSA) is 88.7 Å². The van der Waals surface area contributed by atoms with Crippen molar-refractivity contribution in [3.05, 3.63) is 24.3 Å². The van der Waals surface area contributed by atoms with Crippen LogP contribution in [-0.4, -0.2) is 30.6 Å². The van der Waals surface area contributed by atoms with E-state index >= 15 is 0 Å². The maximum Gasteiger partial charge on any atom is 0.264 e. The quantitative estimate of drug-likeness (QED) is 0.543. The molecule has 1 aliphatic rings. The summed E-state index contributed by atoms with van der Waals surface area (Å²) in [5, 5.41) is 2.47. The van der Waals surface area contributed by atoms with Crippen molar-refractivity contribution in [2.45, 2.75) is 32.1 Å². The predicted molar refractivity (Wildman–Crippen MR) is 97.1 cm³/mol. The fourth-order valence-electron chi connectivity index (χ4n) is 2.66. The van der Waals surface area contributed by atoms with Gasteiger partial charge < -0.3 is 9.47 Å². The molecule has 1 fully saturated rings. The first kappa shape index (κ1) is 19.0. The molecule has 25 heavy (non-hydrogen) atoms. The summed E-state index contributed by atoms with van der Waals surface area (Å²) in [6.07, 6.45) is 5.09. The van der Waals surface area contributed by atoms with Crippen molar-refractivity contribution in [3.63, 3.8) is 0 Å². The number of hydrogen-bond donors (Lipinski definition) is 3. The number of amides is 2. The Hall–Kier alpha value is -2.35. The van der Waals surface area contributed by atoms with E-state index in [1.165, 1.54) is 13.5 Å². The number of thiocarbonyl (C=S) groups is 1. The average molecular weight is 365 g/mol. The smallest absolute Gasteiger partial charge is 0.264 e. The Morgan fingerprint density at radius 3 is 2.48 bits per heavy atom. The lowest BCUT2D eigenvalue weighted by Crippen LogP contribution is -2.51. The van der Waals surface area contributed by atoms with Crippen LogP contribution in [0.3, 0.4) is 0 Å². The molecule has 0 bridgehead atoms. The third kappa shape index (κ3) is 6.22. The molecule has 0 saturated heterocycles. The lowest BCUT2D eigenvalue weighted by Gasteiger charge is -2.21. The summed E-state index contributed by atoms with van der Waals surface area (Å²) in [7, 11) is 1.52. The summed E-state index contributed by atoms with van der Waals surface area (Å²) in [4.78, 5) is 23.8. The van der Waals surface area contributed by atoms with Gasteiger partial charge in [-0.2, -0.15) is 0 Å². The molecule has 2 amide bonds. The number of hydrogen-bond acceptors (Lipinski definition) is 5. The molecule has 0 heterocycles. The van der Waals surface area contributed by atoms with E-state index in [1.54, 1.807) is 24.3 Å². The van der Waals surface area contributed by atoms with Gasteiger partial charge in [0.1, 0.15) is 0 Å². The summed E-state index contributed by atoms with van der Waals surface area (Å²) in [5.41, 5.74) is 5.09. The van der Waals surface area contributed by atoms with Gasteiger partial charge in [0, 0.05) is 5.92 Å². The molecule has 0 aliphatic heterocycles. The molecular weight excluding hydrogens is 342 g/mol. The number of carbonyl (C=O) groups excluding carboxylic acids is 2. The highest BCUT2D eigenvalue weighted by Gasteiger charge is 2.21. The van der Waals surface area contributed by atoms with Crippen molar-refractivity contribution in [3.8, 4) is 11.5 Å². The molecule has 0 spiro atoms. The van der Waals surface area contributed by atoms with Crippen LogP contribution in [0.1, 0.15) is 32.1 Å². The van der Waals surface area contributed by atoms with E-state index in [1.807, 2.05) is 0 Å². The Morgan fingerprint density at radius 2 is 1.80 bits per heavy atom. The fraction of sp³-hybridized carbons (Fsp3) is 0.471. The van der Waals surface area contributed by atoms with Crippen molar-refractivity contribution in [1.29, 1.82) is 0 Å². The zero-order valence-electron chi connectivity index (χ0n) is 14.2. The zero-order valence-corrected chi connectivity index (χ0v) is 15.0. The van der Waals surface area contributed by atoms with Gasteiger partial charge in [-0.3, -0.25) is 25.8 Å². The molecular formula is C17H23N3O4S. The molecule has 8 heteroatoms. The summed E-state index contributed by atoms with van der Waals surface area (Å²) in [6, 6.07) is 7.02. The van der Waals surface area contributed by atoms with E-state index in [4.69, 9.17) is 21.7 Å². The molecule has 1 aromatic carbocycles. The van der Waals surface area contributed by atoms with Crippen LogP contribution in [0, 0.1) is 5.92 Å². The molecule has 7 nitrogen and oxygen atoms in total. The van der Waals surface area contributed by atoms with Crippen molar-refractivity contribution >= 4 is 29.1 Å². The Bertz CT molecular complexity index is 618. The first-order valence-electron chi connectivity index (χ1n) is 8.25. The van der Waals surface area contributed by atoms with Crippen LogP contribution >= 0.6 is 12.2 Å². The van der Waals surface area contributed by atoms with E-state index < -0.39 is 5.91 Å². The van der Waals surface area contributed by atoms with E-state index in [2.05, 4.69) is 16.2 Å². The standard InChI is InChI=1S/C17H23N3O4S/c1-23-13-9-5-6-10-14(13)24-11-15(21)18-17(25)20-19-16(22)12-7-3-2-4-8-12/h5-6,9-10,12H,2-4,7-8,11H2,1H3,(H,19,22)(H2,18,20,21,25). The maximum atomic E-state index is 12.0. The molecule has 3 N–H and O–H groups in total. The second-order valence-corrected chi connectivity index (χ2v) is 6.17. The third-order valence-corrected chi connectivity index (χ3v) is 4.16. The van der Waals surface area contributed by atoms with Crippen molar-refractivity contribution < 1.29 is 19.1 Å². The Balaban J connectivity index is 1.69. The van der Waals surface area contributed by atoms with E-state index in [9.17, 15) is 9.59 Å². The van der Waals surface area contributed by atoms with Gasteiger partial charge in [-0.1, -0.05) is 31.4 Å². The zero-order chi connectivity index (χ0) is 18.1. The minimum Gasteiger partial charge on any atom is -0.493 e. The largest absolute Gasteiger partial charge is 0.493 e. The van der Waals surface area contributed by atoms with Crippen LogP contribution in [0.25, 0.3) is 0 Å². The number of benzene rings is 1. The molecule has 2 rings (SSSR count). The number of hydrazine groups is 1. The van der Waals surface area contributed by atoms with E-state index in [0.717, 1.165) is 25.7 Å². The number of nitrogens with one attached hydrogen (secondary N) is 3. The fourth-order valence-corrected chi connectivity index (χ4v) is 2.83. The molecule has 0 aromatic heterocycles. The van der Waals surface area contributed by atoms with Crippen molar-refractivity contribution in [1.82, 2.24) is 16.2 Å². The van der Waals surface area contributed by atoms with Gasteiger partial charge in [0.15, 0.2) is 23.2 Å². The number of rotatable bonds is 5. The Labute approximate surface area is 152 Å². The van der Waals surface area contributed by atoms with Crippen molar-refractivity contribution in [2.75, 3.05) is 13.7 Å². The minimum atomic E-state index is -0.435. The highest BCUT2D eigenvalue weighted by atomic mass is 32.1. The second-order valence-electron chi connectivity index (χ2n) is 5.77. The Kier molecular flexibility index (Phi) is 7.46. The molecule has 1 aromatic rings. The normalized spacial score (nSPS) is 14.3. The summed E-state index contributed by atoms with van der Waals surface area (Å²) in [6.45, 7) is -0.223. The number of para-hydroxylation sites is 2. The lowest BCUT2D eigenvalue weighted by atomic mass is 9.89. The van der Waals surface area contributed by atoms with Crippen molar-refractivity contribution in [2.24, 2.45) is 5.92 Å². The molecule has 1 aliphatic carbocycles. The SMILES string of the molecule is COc1ccccc1OCC(=O)NC(=S)NNC(=O)C1CCCCC1. The summed E-state index contributed by atoms with van der Waals surface area (Å²) >= 11 is 4.99. The van der Waals surface area contributed by atoms with Crippen LogP contribution in [0.2, 0.25) is 0 Å². The van der Waals surface area contributed by atoms with Crippen LogP contribution in [-0.2, 0) is 9.59 Å². The van der Waals surface area contributed by atoms with E-state index in [-0.39, 0.29) is 23.5 Å². The molecule has 1 saturated carbocycles. The molecule has 0 unspecified atom stereocenters. The second kappa shape index (κ2) is 9.83. The Morgan fingerprint density at radius 1 is 1.12 bits per heavy atom.